The summed E-state index contributed by atoms with van der Waals surface area (Å²) in [7, 11) is -3.56. The van der Waals surface area contributed by atoms with Gasteiger partial charge in [-0.1, -0.05) is 34.1 Å². The third-order valence-electron chi connectivity index (χ3n) is 2.48. The molecule has 2 aromatic rings. The van der Waals surface area contributed by atoms with Crippen molar-refractivity contribution in [2.24, 2.45) is 0 Å². The van der Waals surface area contributed by atoms with E-state index in [4.69, 9.17) is 0 Å². The first-order valence-electron chi connectivity index (χ1n) is 5.50. The van der Waals surface area contributed by atoms with Crippen LogP contribution in [0.15, 0.2) is 57.9 Å². The molecule has 0 atom stereocenters. The fourth-order valence-electron chi connectivity index (χ4n) is 1.56. The lowest BCUT2D eigenvalue weighted by molar-refractivity contribution is 0.474. The van der Waals surface area contributed by atoms with E-state index in [-0.39, 0.29) is 17.2 Å². The van der Waals surface area contributed by atoms with Crippen LogP contribution in [0.25, 0.3) is 0 Å². The first-order chi connectivity index (χ1) is 8.97. The number of benzene rings is 2. The van der Waals surface area contributed by atoms with Gasteiger partial charge in [0.1, 0.15) is 5.75 Å². The Morgan fingerprint density at radius 2 is 1.84 bits per heavy atom. The van der Waals surface area contributed by atoms with Crippen LogP contribution in [-0.4, -0.2) is 13.5 Å². The fraction of sp³-hybridized carbons (Fsp3) is 0.0769. The van der Waals surface area contributed by atoms with E-state index in [0.29, 0.717) is 10.0 Å². The summed E-state index contributed by atoms with van der Waals surface area (Å²) in [5.41, 5.74) is 0.693. The summed E-state index contributed by atoms with van der Waals surface area (Å²) in [6, 6.07) is 12.9. The van der Waals surface area contributed by atoms with E-state index < -0.39 is 10.0 Å². The Kier molecular flexibility index (Phi) is 4.24. The van der Waals surface area contributed by atoms with Gasteiger partial charge in [-0.05, 0) is 35.9 Å². The highest BCUT2D eigenvalue weighted by molar-refractivity contribution is 9.10. The van der Waals surface area contributed by atoms with E-state index in [9.17, 15) is 13.5 Å². The van der Waals surface area contributed by atoms with Crippen LogP contribution in [0.1, 0.15) is 5.56 Å². The van der Waals surface area contributed by atoms with Gasteiger partial charge in [-0.3, -0.25) is 0 Å². The molecule has 0 aromatic heterocycles. The SMILES string of the molecule is O=S(=O)(NCc1cccc(O)c1)c1cccc(Br)c1. The zero-order chi connectivity index (χ0) is 13.9. The summed E-state index contributed by atoms with van der Waals surface area (Å²) in [5.74, 6) is 0.110. The highest BCUT2D eigenvalue weighted by atomic mass is 79.9. The Balaban J connectivity index is 2.14. The van der Waals surface area contributed by atoms with E-state index in [1.165, 1.54) is 24.3 Å². The van der Waals surface area contributed by atoms with Gasteiger partial charge in [0.05, 0.1) is 4.90 Å². The molecule has 0 saturated carbocycles. The van der Waals surface area contributed by atoms with Gasteiger partial charge in [0.25, 0.3) is 0 Å². The van der Waals surface area contributed by atoms with Gasteiger partial charge in [0, 0.05) is 11.0 Å². The van der Waals surface area contributed by atoms with Crippen LogP contribution in [0.4, 0.5) is 0 Å². The largest absolute Gasteiger partial charge is 0.508 e. The van der Waals surface area contributed by atoms with Crippen LogP contribution in [-0.2, 0) is 16.6 Å². The Morgan fingerprint density at radius 3 is 2.53 bits per heavy atom. The molecule has 2 N–H and O–H groups in total. The fourth-order valence-corrected chi connectivity index (χ4v) is 3.18. The number of aromatic hydroxyl groups is 1. The minimum atomic E-state index is -3.56. The van der Waals surface area contributed by atoms with E-state index in [1.807, 2.05) is 0 Å². The summed E-state index contributed by atoms with van der Waals surface area (Å²) in [6.07, 6.45) is 0. The second kappa shape index (κ2) is 5.73. The summed E-state index contributed by atoms with van der Waals surface area (Å²) in [5, 5.41) is 9.31. The number of phenolic OH excluding ortho intramolecular Hbond substituents is 1. The van der Waals surface area contributed by atoms with Gasteiger partial charge < -0.3 is 5.11 Å². The molecular formula is C13H12BrNO3S. The monoisotopic (exact) mass is 341 g/mol. The predicted octanol–water partition coefficient (Wildman–Crippen LogP) is 2.63. The topological polar surface area (TPSA) is 66.4 Å². The number of nitrogens with one attached hydrogen (secondary N) is 1. The molecule has 0 amide bonds. The van der Waals surface area contributed by atoms with Crippen LogP contribution < -0.4 is 4.72 Å². The first-order valence-corrected chi connectivity index (χ1v) is 7.78. The minimum Gasteiger partial charge on any atom is -0.508 e. The third-order valence-corrected chi connectivity index (χ3v) is 4.38. The van der Waals surface area contributed by atoms with Crippen molar-refractivity contribution in [1.29, 1.82) is 0 Å². The van der Waals surface area contributed by atoms with Gasteiger partial charge in [-0.15, -0.1) is 0 Å². The van der Waals surface area contributed by atoms with E-state index >= 15 is 0 Å². The van der Waals surface area contributed by atoms with Crippen molar-refractivity contribution >= 4 is 26.0 Å². The molecule has 0 aliphatic heterocycles. The van der Waals surface area contributed by atoms with Crippen molar-refractivity contribution in [3.63, 3.8) is 0 Å². The molecular weight excluding hydrogens is 330 g/mol. The molecule has 6 heteroatoms. The zero-order valence-electron chi connectivity index (χ0n) is 9.88. The lowest BCUT2D eigenvalue weighted by Crippen LogP contribution is -2.23. The highest BCUT2D eigenvalue weighted by Crippen LogP contribution is 2.17. The zero-order valence-corrected chi connectivity index (χ0v) is 12.3. The number of halogens is 1. The summed E-state index contributed by atoms with van der Waals surface area (Å²) >= 11 is 3.23. The molecule has 0 aliphatic rings. The Hall–Kier alpha value is -1.37. The van der Waals surface area contributed by atoms with Crippen LogP contribution >= 0.6 is 15.9 Å². The van der Waals surface area contributed by atoms with E-state index in [1.54, 1.807) is 24.3 Å². The number of hydrogen-bond donors (Lipinski definition) is 2. The molecule has 100 valence electrons. The van der Waals surface area contributed by atoms with Gasteiger partial charge in [0.15, 0.2) is 0 Å². The molecule has 19 heavy (non-hydrogen) atoms. The first kappa shape index (κ1) is 14.0. The predicted molar refractivity (Wildman–Crippen MR) is 76.3 cm³/mol. The van der Waals surface area contributed by atoms with Crippen molar-refractivity contribution in [1.82, 2.24) is 4.72 Å². The second-order valence-corrected chi connectivity index (χ2v) is 6.63. The lowest BCUT2D eigenvalue weighted by Gasteiger charge is -2.07. The molecule has 0 radical (unpaired) electrons. The molecule has 2 aromatic carbocycles. The number of phenols is 1. The lowest BCUT2D eigenvalue weighted by atomic mass is 10.2. The normalized spacial score (nSPS) is 11.4. The third kappa shape index (κ3) is 3.79. The Bertz CT molecular complexity index is 686. The molecule has 0 heterocycles. The van der Waals surface area contributed by atoms with Crippen LogP contribution in [0, 0.1) is 0 Å². The quantitative estimate of drug-likeness (QED) is 0.898. The summed E-state index contributed by atoms with van der Waals surface area (Å²) in [6.45, 7) is 0.128. The molecule has 0 unspecified atom stereocenters. The molecule has 4 nitrogen and oxygen atoms in total. The van der Waals surface area contributed by atoms with E-state index in [0.717, 1.165) is 0 Å². The molecule has 0 fully saturated rings. The standard InChI is InChI=1S/C13H12BrNO3S/c14-11-4-2-6-13(8-11)19(17,18)15-9-10-3-1-5-12(16)7-10/h1-8,15-16H,9H2. The van der Waals surface area contributed by atoms with Crippen LogP contribution in [0.2, 0.25) is 0 Å². The maximum Gasteiger partial charge on any atom is 0.240 e. The van der Waals surface area contributed by atoms with Gasteiger partial charge >= 0.3 is 0 Å². The van der Waals surface area contributed by atoms with Crippen LogP contribution in [0.5, 0.6) is 5.75 Å². The summed E-state index contributed by atoms with van der Waals surface area (Å²) < 4.78 is 27.3. The summed E-state index contributed by atoms with van der Waals surface area (Å²) in [4.78, 5) is 0.196. The van der Waals surface area contributed by atoms with Crippen molar-refractivity contribution < 1.29 is 13.5 Å². The number of rotatable bonds is 4. The van der Waals surface area contributed by atoms with Crippen molar-refractivity contribution in [3.05, 3.63) is 58.6 Å². The molecule has 0 spiro atoms. The maximum atomic E-state index is 12.0. The molecule has 0 saturated heterocycles. The van der Waals surface area contributed by atoms with Crippen LogP contribution in [0.3, 0.4) is 0 Å². The second-order valence-electron chi connectivity index (χ2n) is 3.95. The van der Waals surface area contributed by atoms with Crippen molar-refractivity contribution in [2.75, 3.05) is 0 Å². The smallest absolute Gasteiger partial charge is 0.240 e. The van der Waals surface area contributed by atoms with Gasteiger partial charge in [0.2, 0.25) is 10.0 Å². The Labute approximate surface area is 120 Å². The van der Waals surface area contributed by atoms with Crippen molar-refractivity contribution in [2.45, 2.75) is 11.4 Å². The number of sulfonamides is 1. The average Bonchev–Trinajstić information content (AvgIpc) is 2.37. The average molecular weight is 342 g/mol. The molecule has 0 bridgehead atoms. The number of hydrogen-bond acceptors (Lipinski definition) is 3. The highest BCUT2D eigenvalue weighted by Gasteiger charge is 2.13. The van der Waals surface area contributed by atoms with E-state index in [2.05, 4.69) is 20.7 Å². The Morgan fingerprint density at radius 1 is 1.11 bits per heavy atom. The van der Waals surface area contributed by atoms with Gasteiger partial charge in [-0.2, -0.15) is 0 Å². The van der Waals surface area contributed by atoms with Gasteiger partial charge in [-0.25, -0.2) is 13.1 Å². The maximum absolute atomic E-state index is 12.0. The van der Waals surface area contributed by atoms with Crippen molar-refractivity contribution in [3.8, 4) is 5.75 Å². The minimum absolute atomic E-state index is 0.110. The molecule has 2 rings (SSSR count). The molecule has 0 aliphatic carbocycles.